The summed E-state index contributed by atoms with van der Waals surface area (Å²) in [6, 6.07) is 0.326. The molecule has 3 atom stereocenters. The van der Waals surface area contributed by atoms with Gasteiger partial charge < -0.3 is 15.4 Å². The maximum atomic E-state index is 11.4. The Morgan fingerprint density at radius 2 is 2.36 bits per heavy atom. The van der Waals surface area contributed by atoms with Crippen molar-refractivity contribution in [1.29, 1.82) is 0 Å². The largest absolute Gasteiger partial charge is 0.379 e. The first-order valence-electron chi connectivity index (χ1n) is 5.18. The molecular formula is C10H20N2O2. The molecule has 2 N–H and O–H groups in total. The van der Waals surface area contributed by atoms with Gasteiger partial charge in [0.25, 0.3) is 0 Å². The van der Waals surface area contributed by atoms with Gasteiger partial charge in [-0.15, -0.1) is 0 Å². The number of amides is 1. The highest BCUT2D eigenvalue weighted by molar-refractivity contribution is 5.78. The summed E-state index contributed by atoms with van der Waals surface area (Å²) >= 11 is 0. The van der Waals surface area contributed by atoms with Crippen molar-refractivity contribution >= 4 is 5.91 Å². The molecule has 0 saturated carbocycles. The predicted octanol–water partition coefficient (Wildman–Crippen LogP) is 0.135. The van der Waals surface area contributed by atoms with Gasteiger partial charge in [0.05, 0.1) is 12.0 Å². The SMILES string of the molecule is CNC(=O)[C@H](C)[C@@H](OC)[C@@H]1CCCN1. The van der Waals surface area contributed by atoms with Gasteiger partial charge in [0.1, 0.15) is 0 Å². The van der Waals surface area contributed by atoms with E-state index in [1.807, 2.05) is 6.92 Å². The standard InChI is InChI=1S/C10H20N2O2/c1-7(10(13)11-2)9(14-3)8-5-4-6-12-8/h7-9,12H,4-6H2,1-3H3,(H,11,13)/t7-,8+,9-/m1/s1. The molecule has 0 aromatic carbocycles. The molecule has 1 aliphatic heterocycles. The average Bonchev–Trinajstić information content (AvgIpc) is 2.71. The lowest BCUT2D eigenvalue weighted by atomic mass is 9.96. The van der Waals surface area contributed by atoms with E-state index in [1.165, 1.54) is 6.42 Å². The lowest BCUT2D eigenvalue weighted by Gasteiger charge is -2.27. The third-order valence-corrected chi connectivity index (χ3v) is 2.92. The summed E-state index contributed by atoms with van der Waals surface area (Å²) in [5, 5.41) is 6.02. The van der Waals surface area contributed by atoms with Crippen LogP contribution in [-0.4, -0.2) is 38.8 Å². The minimum absolute atomic E-state index is 0.0163. The first-order chi connectivity index (χ1) is 6.70. The van der Waals surface area contributed by atoms with Crippen LogP contribution in [0.4, 0.5) is 0 Å². The average molecular weight is 200 g/mol. The van der Waals surface area contributed by atoms with Gasteiger partial charge >= 0.3 is 0 Å². The highest BCUT2D eigenvalue weighted by Gasteiger charge is 2.32. The van der Waals surface area contributed by atoms with Crippen molar-refractivity contribution in [1.82, 2.24) is 10.6 Å². The number of ether oxygens (including phenoxy) is 1. The van der Waals surface area contributed by atoms with Crippen molar-refractivity contribution in [2.75, 3.05) is 20.7 Å². The van der Waals surface area contributed by atoms with Crippen molar-refractivity contribution in [2.45, 2.75) is 31.9 Å². The third kappa shape index (κ3) is 2.45. The van der Waals surface area contributed by atoms with E-state index in [9.17, 15) is 4.79 Å². The highest BCUT2D eigenvalue weighted by Crippen LogP contribution is 2.18. The van der Waals surface area contributed by atoms with Crippen molar-refractivity contribution in [3.05, 3.63) is 0 Å². The van der Waals surface area contributed by atoms with Crippen molar-refractivity contribution in [3.8, 4) is 0 Å². The van der Waals surface area contributed by atoms with Gasteiger partial charge in [0, 0.05) is 20.2 Å². The molecule has 1 heterocycles. The lowest BCUT2D eigenvalue weighted by molar-refractivity contribution is -0.129. The second-order valence-electron chi connectivity index (χ2n) is 3.81. The molecule has 4 nitrogen and oxygen atoms in total. The molecule has 0 aliphatic carbocycles. The molecule has 4 heteroatoms. The zero-order valence-corrected chi connectivity index (χ0v) is 9.17. The molecule has 0 bridgehead atoms. The first-order valence-corrected chi connectivity index (χ1v) is 5.18. The second-order valence-corrected chi connectivity index (χ2v) is 3.81. The summed E-state index contributed by atoms with van der Waals surface area (Å²) in [7, 11) is 3.33. The third-order valence-electron chi connectivity index (χ3n) is 2.92. The van der Waals surface area contributed by atoms with Crippen LogP contribution in [0.1, 0.15) is 19.8 Å². The number of rotatable bonds is 4. The molecule has 1 fully saturated rings. The number of methoxy groups -OCH3 is 1. The molecule has 1 amide bonds. The molecule has 82 valence electrons. The fraction of sp³-hybridized carbons (Fsp3) is 0.900. The highest BCUT2D eigenvalue weighted by atomic mass is 16.5. The molecule has 1 rings (SSSR count). The van der Waals surface area contributed by atoms with Crippen molar-refractivity contribution in [2.24, 2.45) is 5.92 Å². The summed E-state index contributed by atoms with van der Waals surface area (Å²) in [5.74, 6) is -0.0499. The Morgan fingerprint density at radius 1 is 1.64 bits per heavy atom. The molecule has 0 spiro atoms. The van der Waals surface area contributed by atoms with Gasteiger partial charge in [-0.3, -0.25) is 4.79 Å². The zero-order valence-electron chi connectivity index (χ0n) is 9.17. The Labute approximate surface area is 85.4 Å². The number of hydrogen-bond acceptors (Lipinski definition) is 3. The summed E-state index contributed by atoms with van der Waals surface area (Å²) in [5.41, 5.74) is 0. The van der Waals surface area contributed by atoms with E-state index in [-0.39, 0.29) is 17.9 Å². The Kier molecular flexibility index (Phi) is 4.35. The van der Waals surface area contributed by atoms with E-state index < -0.39 is 0 Å². The maximum Gasteiger partial charge on any atom is 0.225 e. The minimum Gasteiger partial charge on any atom is -0.379 e. The maximum absolute atomic E-state index is 11.4. The Morgan fingerprint density at radius 3 is 2.79 bits per heavy atom. The van der Waals surface area contributed by atoms with E-state index in [0.29, 0.717) is 6.04 Å². The number of hydrogen-bond donors (Lipinski definition) is 2. The second kappa shape index (κ2) is 5.32. The molecular weight excluding hydrogens is 180 g/mol. The van der Waals surface area contributed by atoms with Crippen LogP contribution in [0.3, 0.4) is 0 Å². The summed E-state index contributed by atoms with van der Waals surface area (Å²) in [6.07, 6.45) is 2.25. The quantitative estimate of drug-likeness (QED) is 0.678. The minimum atomic E-state index is -0.0967. The zero-order chi connectivity index (χ0) is 10.6. The topological polar surface area (TPSA) is 50.4 Å². The van der Waals surface area contributed by atoms with E-state index in [0.717, 1.165) is 13.0 Å². The van der Waals surface area contributed by atoms with Crippen molar-refractivity contribution < 1.29 is 9.53 Å². The molecule has 14 heavy (non-hydrogen) atoms. The fourth-order valence-electron chi connectivity index (χ4n) is 2.09. The van der Waals surface area contributed by atoms with Crippen LogP contribution in [0, 0.1) is 5.92 Å². The van der Waals surface area contributed by atoms with Gasteiger partial charge in [-0.05, 0) is 19.4 Å². The molecule has 0 radical (unpaired) electrons. The van der Waals surface area contributed by atoms with E-state index in [4.69, 9.17) is 4.74 Å². The Bertz CT molecular complexity index is 191. The first kappa shape index (κ1) is 11.5. The monoisotopic (exact) mass is 200 g/mol. The number of carbonyl (C=O) groups excluding carboxylic acids is 1. The fourth-order valence-corrected chi connectivity index (χ4v) is 2.09. The molecule has 1 saturated heterocycles. The summed E-state index contributed by atoms with van der Waals surface area (Å²) in [6.45, 7) is 2.94. The van der Waals surface area contributed by atoms with Crippen LogP contribution in [0.2, 0.25) is 0 Å². The molecule has 0 aromatic heterocycles. The van der Waals surface area contributed by atoms with Gasteiger partial charge in [0.2, 0.25) is 5.91 Å². The van der Waals surface area contributed by atoms with Crippen LogP contribution in [0.15, 0.2) is 0 Å². The molecule has 1 aliphatic rings. The van der Waals surface area contributed by atoms with E-state index in [1.54, 1.807) is 14.2 Å². The predicted molar refractivity (Wildman–Crippen MR) is 55.1 cm³/mol. The van der Waals surface area contributed by atoms with Crippen LogP contribution in [-0.2, 0) is 9.53 Å². The molecule has 0 unspecified atom stereocenters. The van der Waals surface area contributed by atoms with Gasteiger partial charge in [0.15, 0.2) is 0 Å². The summed E-state index contributed by atoms with van der Waals surface area (Å²) in [4.78, 5) is 11.4. The summed E-state index contributed by atoms with van der Waals surface area (Å²) < 4.78 is 5.40. The normalized spacial score (nSPS) is 25.8. The van der Waals surface area contributed by atoms with Gasteiger partial charge in [-0.2, -0.15) is 0 Å². The molecule has 0 aromatic rings. The van der Waals surface area contributed by atoms with Crippen LogP contribution in [0.5, 0.6) is 0 Å². The van der Waals surface area contributed by atoms with Crippen LogP contribution < -0.4 is 10.6 Å². The van der Waals surface area contributed by atoms with Gasteiger partial charge in [-0.1, -0.05) is 6.92 Å². The lowest BCUT2D eigenvalue weighted by Crippen LogP contribution is -2.45. The number of carbonyl (C=O) groups is 1. The van der Waals surface area contributed by atoms with E-state index in [2.05, 4.69) is 10.6 Å². The van der Waals surface area contributed by atoms with Gasteiger partial charge in [-0.25, -0.2) is 0 Å². The Hall–Kier alpha value is -0.610. The number of nitrogens with one attached hydrogen (secondary N) is 2. The van der Waals surface area contributed by atoms with E-state index >= 15 is 0 Å². The Balaban J connectivity index is 2.55. The van der Waals surface area contributed by atoms with Crippen LogP contribution >= 0.6 is 0 Å². The van der Waals surface area contributed by atoms with Crippen molar-refractivity contribution in [3.63, 3.8) is 0 Å². The smallest absolute Gasteiger partial charge is 0.225 e. The van der Waals surface area contributed by atoms with Crippen LogP contribution in [0.25, 0.3) is 0 Å².